The molecule has 0 spiro atoms. The van der Waals surface area contributed by atoms with E-state index in [-0.39, 0.29) is 5.91 Å². The molecular formula is C22H22N4O2S. The van der Waals surface area contributed by atoms with Gasteiger partial charge < -0.3 is 9.72 Å². The molecule has 0 fully saturated rings. The highest BCUT2D eigenvalue weighted by Crippen LogP contribution is 2.28. The van der Waals surface area contributed by atoms with E-state index < -0.39 is 0 Å². The number of nitrogens with two attached hydrogens (primary N) is 1. The number of thiazole rings is 1. The monoisotopic (exact) mass is 406 g/mol. The molecule has 0 aliphatic rings. The van der Waals surface area contributed by atoms with Crippen LogP contribution >= 0.6 is 11.3 Å². The lowest BCUT2D eigenvalue weighted by Gasteiger charge is -2.11. The molecular weight excluding hydrogens is 384 g/mol. The van der Waals surface area contributed by atoms with Crippen LogP contribution in [0.5, 0.6) is 5.75 Å². The molecule has 6 nitrogen and oxygen atoms in total. The number of fused-ring (bicyclic) bond motifs is 1. The van der Waals surface area contributed by atoms with E-state index in [1.165, 1.54) is 11.3 Å². The molecule has 4 aromatic rings. The van der Waals surface area contributed by atoms with E-state index in [2.05, 4.69) is 23.8 Å². The number of H-pyrrole nitrogens is 1. The molecule has 0 atom stereocenters. The van der Waals surface area contributed by atoms with Gasteiger partial charge in [-0.3, -0.25) is 4.79 Å². The summed E-state index contributed by atoms with van der Waals surface area (Å²) in [4.78, 5) is 20.4. The highest BCUT2D eigenvalue weighted by Gasteiger charge is 2.19. The number of anilines is 1. The molecule has 2 aromatic heterocycles. The van der Waals surface area contributed by atoms with Crippen LogP contribution in [0.3, 0.4) is 0 Å². The van der Waals surface area contributed by atoms with Crippen molar-refractivity contribution in [2.24, 2.45) is 11.8 Å². The van der Waals surface area contributed by atoms with Crippen molar-refractivity contribution >= 4 is 33.3 Å². The minimum Gasteiger partial charge on any atom is -0.493 e. The first kappa shape index (κ1) is 19.2. The van der Waals surface area contributed by atoms with Crippen molar-refractivity contribution in [1.29, 1.82) is 0 Å². The molecule has 0 aliphatic carbocycles. The number of hydrogen-bond acceptors (Lipinski definition) is 5. The van der Waals surface area contributed by atoms with Gasteiger partial charge in [-0.05, 0) is 42.3 Å². The molecule has 2 aromatic carbocycles. The average molecular weight is 407 g/mol. The Balaban J connectivity index is 1.49. The number of aromatic amines is 1. The third kappa shape index (κ3) is 4.16. The average Bonchev–Trinajstić information content (AvgIpc) is 3.39. The van der Waals surface area contributed by atoms with Crippen LogP contribution in [0.1, 0.15) is 24.3 Å². The van der Waals surface area contributed by atoms with Crippen molar-refractivity contribution in [1.82, 2.24) is 9.97 Å². The van der Waals surface area contributed by atoms with Crippen LogP contribution in [0.25, 0.3) is 22.2 Å². The first-order valence-electron chi connectivity index (χ1n) is 9.37. The van der Waals surface area contributed by atoms with Gasteiger partial charge in [-0.25, -0.2) is 15.8 Å². The summed E-state index contributed by atoms with van der Waals surface area (Å²) >= 11 is 1.32. The standard InChI is InChI=1S/C22H22N4O2S/c1-14(2)12-28-17-9-7-15(8-10-17)20-13-29-22(25-20)26(23)21(27)19-11-16-5-3-4-6-18(16)24-19/h3-11,13-14,24H,12,23H2,1-2H3. The number of rotatable bonds is 6. The summed E-state index contributed by atoms with van der Waals surface area (Å²) < 4.78 is 5.71. The van der Waals surface area contributed by atoms with Gasteiger partial charge in [0, 0.05) is 21.8 Å². The Bertz CT molecular complexity index is 1100. The Morgan fingerprint density at radius 1 is 1.21 bits per heavy atom. The van der Waals surface area contributed by atoms with E-state index >= 15 is 0 Å². The minimum atomic E-state index is -0.334. The summed E-state index contributed by atoms with van der Waals surface area (Å²) in [6, 6.07) is 17.3. The molecule has 2 heterocycles. The fourth-order valence-corrected chi connectivity index (χ4v) is 3.65. The van der Waals surface area contributed by atoms with Gasteiger partial charge in [0.25, 0.3) is 5.91 Å². The normalized spacial score (nSPS) is 11.2. The first-order chi connectivity index (χ1) is 14.0. The molecule has 4 rings (SSSR count). The number of nitrogens with one attached hydrogen (secondary N) is 1. The Labute approximate surface area is 172 Å². The third-order valence-corrected chi connectivity index (χ3v) is 5.25. The number of carbonyl (C=O) groups is 1. The van der Waals surface area contributed by atoms with Crippen molar-refractivity contribution in [3.05, 3.63) is 65.7 Å². The predicted molar refractivity (Wildman–Crippen MR) is 117 cm³/mol. The number of hydrogen-bond donors (Lipinski definition) is 2. The van der Waals surface area contributed by atoms with Gasteiger partial charge in [0.1, 0.15) is 11.4 Å². The number of ether oxygens (including phenoxy) is 1. The number of carbonyl (C=O) groups excluding carboxylic acids is 1. The van der Waals surface area contributed by atoms with Gasteiger partial charge in [-0.2, -0.15) is 0 Å². The number of aromatic nitrogens is 2. The van der Waals surface area contributed by atoms with Crippen LogP contribution in [-0.2, 0) is 0 Å². The van der Waals surface area contributed by atoms with Crippen LogP contribution in [0.15, 0.2) is 60.0 Å². The zero-order valence-electron chi connectivity index (χ0n) is 16.3. The van der Waals surface area contributed by atoms with E-state index in [1.54, 1.807) is 6.07 Å². The van der Waals surface area contributed by atoms with Crippen molar-refractivity contribution in [3.8, 4) is 17.0 Å². The summed E-state index contributed by atoms with van der Waals surface area (Å²) in [5, 5.41) is 4.36. The number of hydrazine groups is 1. The summed E-state index contributed by atoms with van der Waals surface area (Å²) in [5.41, 5.74) is 3.03. The highest BCUT2D eigenvalue weighted by molar-refractivity contribution is 7.14. The highest BCUT2D eigenvalue weighted by atomic mass is 32.1. The number of para-hydroxylation sites is 1. The zero-order valence-corrected chi connectivity index (χ0v) is 17.1. The second-order valence-corrected chi connectivity index (χ2v) is 8.03. The minimum absolute atomic E-state index is 0.334. The molecule has 148 valence electrons. The lowest BCUT2D eigenvalue weighted by atomic mass is 10.2. The second kappa shape index (κ2) is 8.06. The first-order valence-corrected chi connectivity index (χ1v) is 10.2. The summed E-state index contributed by atoms with van der Waals surface area (Å²) in [6.07, 6.45) is 0. The van der Waals surface area contributed by atoms with Gasteiger partial charge >= 0.3 is 0 Å². The molecule has 1 amide bonds. The van der Waals surface area contributed by atoms with Gasteiger partial charge in [0.2, 0.25) is 5.13 Å². The van der Waals surface area contributed by atoms with Crippen LogP contribution in [0, 0.1) is 5.92 Å². The van der Waals surface area contributed by atoms with E-state index in [0.717, 1.165) is 32.9 Å². The Hall–Kier alpha value is -3.16. The molecule has 0 radical (unpaired) electrons. The molecule has 0 saturated heterocycles. The maximum Gasteiger partial charge on any atom is 0.290 e. The smallest absolute Gasteiger partial charge is 0.290 e. The maximum atomic E-state index is 12.8. The van der Waals surface area contributed by atoms with Gasteiger partial charge in [0.05, 0.1) is 12.3 Å². The molecule has 0 unspecified atom stereocenters. The molecule has 29 heavy (non-hydrogen) atoms. The number of amides is 1. The van der Waals surface area contributed by atoms with Crippen LogP contribution in [-0.4, -0.2) is 22.5 Å². The maximum absolute atomic E-state index is 12.8. The zero-order chi connectivity index (χ0) is 20.4. The Kier molecular flexibility index (Phi) is 5.33. The van der Waals surface area contributed by atoms with E-state index in [9.17, 15) is 4.79 Å². The molecule has 0 aliphatic heterocycles. The Morgan fingerprint density at radius 2 is 1.97 bits per heavy atom. The largest absolute Gasteiger partial charge is 0.493 e. The quantitative estimate of drug-likeness (QED) is 0.272. The van der Waals surface area contributed by atoms with Gasteiger partial charge in [0.15, 0.2) is 0 Å². The van der Waals surface area contributed by atoms with E-state index in [1.807, 2.05) is 53.9 Å². The second-order valence-electron chi connectivity index (χ2n) is 7.19. The fourth-order valence-electron chi connectivity index (χ4n) is 2.90. The van der Waals surface area contributed by atoms with Crippen molar-refractivity contribution in [2.75, 3.05) is 11.6 Å². The lowest BCUT2D eigenvalue weighted by Crippen LogP contribution is -2.37. The van der Waals surface area contributed by atoms with Crippen molar-refractivity contribution in [3.63, 3.8) is 0 Å². The SMILES string of the molecule is CC(C)COc1ccc(-c2csc(N(N)C(=O)c3cc4ccccc4[nH]3)n2)cc1. The van der Waals surface area contributed by atoms with Crippen LogP contribution in [0.2, 0.25) is 0 Å². The summed E-state index contributed by atoms with van der Waals surface area (Å²) in [5.74, 6) is 7.03. The predicted octanol–water partition coefficient (Wildman–Crippen LogP) is 4.85. The third-order valence-electron chi connectivity index (χ3n) is 4.41. The Morgan fingerprint density at radius 3 is 2.69 bits per heavy atom. The lowest BCUT2D eigenvalue weighted by molar-refractivity contribution is 0.0983. The molecule has 0 bridgehead atoms. The van der Waals surface area contributed by atoms with Crippen LogP contribution in [0.4, 0.5) is 5.13 Å². The van der Waals surface area contributed by atoms with E-state index in [0.29, 0.717) is 23.4 Å². The molecule has 3 N–H and O–H groups in total. The van der Waals surface area contributed by atoms with Crippen molar-refractivity contribution < 1.29 is 9.53 Å². The van der Waals surface area contributed by atoms with Gasteiger partial charge in [-0.1, -0.05) is 32.0 Å². The number of benzene rings is 2. The van der Waals surface area contributed by atoms with Crippen molar-refractivity contribution in [2.45, 2.75) is 13.8 Å². The van der Waals surface area contributed by atoms with Gasteiger partial charge in [-0.15, -0.1) is 11.3 Å². The summed E-state index contributed by atoms with van der Waals surface area (Å²) in [7, 11) is 0. The van der Waals surface area contributed by atoms with E-state index in [4.69, 9.17) is 10.6 Å². The molecule has 7 heteroatoms. The summed E-state index contributed by atoms with van der Waals surface area (Å²) in [6.45, 7) is 4.90. The number of nitrogens with zero attached hydrogens (tertiary/aromatic N) is 2. The topological polar surface area (TPSA) is 84.2 Å². The van der Waals surface area contributed by atoms with Crippen LogP contribution < -0.4 is 15.6 Å². The molecule has 0 saturated carbocycles. The fraction of sp³-hybridized carbons (Fsp3) is 0.182.